The van der Waals surface area contributed by atoms with Crippen molar-refractivity contribution in [3.05, 3.63) is 28.7 Å². The lowest BCUT2D eigenvalue weighted by Crippen LogP contribution is -2.32. The molecule has 21 heavy (non-hydrogen) atoms. The SMILES string of the molecule is CC(C)(C)c1nc(CN2CCC[C@H]2Cn2cncn2)cs1. The number of aromatic nitrogens is 4. The second-order valence-electron chi connectivity index (χ2n) is 6.78. The fourth-order valence-electron chi connectivity index (χ4n) is 2.79. The summed E-state index contributed by atoms with van der Waals surface area (Å²) in [5, 5.41) is 7.66. The largest absolute Gasteiger partial charge is 0.293 e. The Kier molecular flexibility index (Phi) is 4.08. The first-order chi connectivity index (χ1) is 10.0. The predicted octanol–water partition coefficient (Wildman–Crippen LogP) is 2.70. The molecular weight excluding hydrogens is 282 g/mol. The average Bonchev–Trinajstić information content (AvgIpc) is 3.12. The Balaban J connectivity index is 1.64. The van der Waals surface area contributed by atoms with Crippen LogP contribution < -0.4 is 0 Å². The highest BCUT2D eigenvalue weighted by molar-refractivity contribution is 7.09. The van der Waals surface area contributed by atoms with E-state index in [1.165, 1.54) is 23.5 Å². The maximum absolute atomic E-state index is 4.82. The Morgan fingerprint density at radius 1 is 1.38 bits per heavy atom. The molecule has 3 heterocycles. The highest BCUT2D eigenvalue weighted by Crippen LogP contribution is 2.27. The van der Waals surface area contributed by atoms with E-state index in [2.05, 4.69) is 41.1 Å². The molecule has 0 N–H and O–H groups in total. The van der Waals surface area contributed by atoms with Crippen LogP contribution in [0.1, 0.15) is 44.3 Å². The Labute approximate surface area is 130 Å². The molecule has 0 saturated carbocycles. The van der Waals surface area contributed by atoms with E-state index in [-0.39, 0.29) is 5.41 Å². The Bertz CT molecular complexity index is 569. The number of thiazole rings is 1. The third-order valence-electron chi connectivity index (χ3n) is 3.92. The second-order valence-corrected chi connectivity index (χ2v) is 7.64. The number of rotatable bonds is 4. The molecule has 1 aliphatic rings. The summed E-state index contributed by atoms with van der Waals surface area (Å²) in [6.07, 6.45) is 5.90. The average molecular weight is 305 g/mol. The zero-order chi connectivity index (χ0) is 14.9. The standard InChI is InChI=1S/C15H23N5S/c1-15(2,3)14-18-12(9-21-14)7-19-6-4-5-13(19)8-20-11-16-10-17-20/h9-11,13H,4-8H2,1-3H3/t13-/m0/s1. The Hall–Kier alpha value is -1.27. The summed E-state index contributed by atoms with van der Waals surface area (Å²) in [7, 11) is 0. The van der Waals surface area contributed by atoms with Gasteiger partial charge >= 0.3 is 0 Å². The monoisotopic (exact) mass is 305 g/mol. The van der Waals surface area contributed by atoms with Crippen LogP contribution in [0.25, 0.3) is 0 Å². The van der Waals surface area contributed by atoms with Gasteiger partial charge in [-0.15, -0.1) is 11.3 Å². The first-order valence-electron chi connectivity index (χ1n) is 7.54. The van der Waals surface area contributed by atoms with Crippen LogP contribution in [0.5, 0.6) is 0 Å². The Morgan fingerprint density at radius 2 is 2.24 bits per heavy atom. The van der Waals surface area contributed by atoms with Crippen LogP contribution in [0.4, 0.5) is 0 Å². The van der Waals surface area contributed by atoms with Gasteiger partial charge in [-0.3, -0.25) is 9.58 Å². The third kappa shape index (κ3) is 3.49. The van der Waals surface area contributed by atoms with Crippen LogP contribution in [0.2, 0.25) is 0 Å². The van der Waals surface area contributed by atoms with E-state index in [4.69, 9.17) is 4.98 Å². The lowest BCUT2D eigenvalue weighted by atomic mass is 9.98. The summed E-state index contributed by atoms with van der Waals surface area (Å²) in [5.41, 5.74) is 1.35. The summed E-state index contributed by atoms with van der Waals surface area (Å²) in [6, 6.07) is 0.548. The van der Waals surface area contributed by atoms with Crippen molar-refractivity contribution in [1.82, 2.24) is 24.6 Å². The quantitative estimate of drug-likeness (QED) is 0.871. The zero-order valence-corrected chi connectivity index (χ0v) is 13.8. The number of nitrogens with zero attached hydrogens (tertiary/aromatic N) is 5. The van der Waals surface area contributed by atoms with E-state index in [9.17, 15) is 0 Å². The van der Waals surface area contributed by atoms with Crippen molar-refractivity contribution in [3.8, 4) is 0 Å². The van der Waals surface area contributed by atoms with Crippen molar-refractivity contribution in [2.24, 2.45) is 0 Å². The molecule has 1 atom stereocenters. The van der Waals surface area contributed by atoms with E-state index < -0.39 is 0 Å². The van der Waals surface area contributed by atoms with E-state index in [1.54, 1.807) is 24.0 Å². The van der Waals surface area contributed by atoms with E-state index in [0.717, 1.165) is 19.6 Å². The zero-order valence-electron chi connectivity index (χ0n) is 13.0. The highest BCUT2D eigenvalue weighted by Gasteiger charge is 2.26. The molecule has 1 fully saturated rings. The molecule has 0 bridgehead atoms. The number of likely N-dealkylation sites (tertiary alicyclic amines) is 1. The van der Waals surface area contributed by atoms with Crippen molar-refractivity contribution >= 4 is 11.3 Å². The van der Waals surface area contributed by atoms with Crippen LogP contribution in [-0.2, 0) is 18.5 Å². The second kappa shape index (κ2) is 5.85. The van der Waals surface area contributed by atoms with Gasteiger partial charge in [-0.1, -0.05) is 20.8 Å². The van der Waals surface area contributed by atoms with Gasteiger partial charge in [-0.25, -0.2) is 9.97 Å². The van der Waals surface area contributed by atoms with Gasteiger partial charge in [0.2, 0.25) is 0 Å². The van der Waals surface area contributed by atoms with Crippen molar-refractivity contribution < 1.29 is 0 Å². The normalized spacial score (nSPS) is 20.2. The van der Waals surface area contributed by atoms with Crippen molar-refractivity contribution in [2.75, 3.05) is 6.54 Å². The molecule has 0 amide bonds. The lowest BCUT2D eigenvalue weighted by molar-refractivity contribution is 0.217. The van der Waals surface area contributed by atoms with Crippen molar-refractivity contribution in [3.63, 3.8) is 0 Å². The smallest absolute Gasteiger partial charge is 0.137 e. The first kappa shape index (κ1) is 14.7. The van der Waals surface area contributed by atoms with Gasteiger partial charge in [0.05, 0.1) is 17.2 Å². The molecule has 2 aromatic heterocycles. The molecule has 6 heteroatoms. The minimum Gasteiger partial charge on any atom is -0.293 e. The van der Waals surface area contributed by atoms with E-state index in [0.29, 0.717) is 6.04 Å². The topological polar surface area (TPSA) is 46.8 Å². The Morgan fingerprint density at radius 3 is 2.90 bits per heavy atom. The molecule has 0 spiro atoms. The fourth-order valence-corrected chi connectivity index (χ4v) is 3.68. The molecule has 5 nitrogen and oxygen atoms in total. The molecule has 1 saturated heterocycles. The molecule has 1 aliphatic heterocycles. The molecule has 0 aliphatic carbocycles. The minimum absolute atomic E-state index is 0.147. The summed E-state index contributed by atoms with van der Waals surface area (Å²) in [4.78, 5) is 11.4. The van der Waals surface area contributed by atoms with Gasteiger partial charge in [0, 0.05) is 23.4 Å². The molecule has 0 aromatic carbocycles. The first-order valence-corrected chi connectivity index (χ1v) is 8.42. The van der Waals surface area contributed by atoms with Gasteiger partial charge in [-0.2, -0.15) is 5.10 Å². The summed E-state index contributed by atoms with van der Waals surface area (Å²) >= 11 is 1.78. The predicted molar refractivity (Wildman–Crippen MR) is 84.3 cm³/mol. The molecule has 0 radical (unpaired) electrons. The number of hydrogen-bond donors (Lipinski definition) is 0. The summed E-state index contributed by atoms with van der Waals surface area (Å²) < 4.78 is 1.94. The van der Waals surface area contributed by atoms with Crippen molar-refractivity contribution in [1.29, 1.82) is 0 Å². The minimum atomic E-state index is 0.147. The number of hydrogen-bond acceptors (Lipinski definition) is 5. The van der Waals surface area contributed by atoms with Gasteiger partial charge in [0.1, 0.15) is 12.7 Å². The molecule has 114 valence electrons. The van der Waals surface area contributed by atoms with Gasteiger partial charge < -0.3 is 0 Å². The molecule has 0 unspecified atom stereocenters. The molecule has 3 rings (SSSR count). The van der Waals surface area contributed by atoms with Gasteiger partial charge in [0.25, 0.3) is 0 Å². The summed E-state index contributed by atoms with van der Waals surface area (Å²) in [5.74, 6) is 0. The van der Waals surface area contributed by atoms with Crippen molar-refractivity contribution in [2.45, 2.75) is 58.2 Å². The highest BCUT2D eigenvalue weighted by atomic mass is 32.1. The maximum Gasteiger partial charge on any atom is 0.137 e. The van der Waals surface area contributed by atoms with Crippen LogP contribution >= 0.6 is 11.3 Å². The molecule has 2 aromatic rings. The van der Waals surface area contributed by atoms with Gasteiger partial charge in [-0.05, 0) is 19.4 Å². The van der Waals surface area contributed by atoms with Crippen LogP contribution in [0, 0.1) is 0 Å². The lowest BCUT2D eigenvalue weighted by Gasteiger charge is -2.23. The maximum atomic E-state index is 4.82. The molecular formula is C15H23N5S. The van der Waals surface area contributed by atoms with Crippen LogP contribution in [0.15, 0.2) is 18.0 Å². The van der Waals surface area contributed by atoms with E-state index >= 15 is 0 Å². The summed E-state index contributed by atoms with van der Waals surface area (Å²) in [6.45, 7) is 9.70. The fraction of sp³-hybridized carbons (Fsp3) is 0.667. The van der Waals surface area contributed by atoms with E-state index in [1.807, 2.05) is 4.68 Å². The van der Waals surface area contributed by atoms with Crippen LogP contribution in [0.3, 0.4) is 0 Å². The van der Waals surface area contributed by atoms with Gasteiger partial charge in [0.15, 0.2) is 0 Å². The third-order valence-corrected chi connectivity index (χ3v) is 5.24. The van der Waals surface area contributed by atoms with Crippen LogP contribution in [-0.4, -0.2) is 37.2 Å².